The quantitative estimate of drug-likeness (QED) is 0.482. The summed E-state index contributed by atoms with van der Waals surface area (Å²) in [5.74, 6) is -0.706. The molecule has 31 heavy (non-hydrogen) atoms. The van der Waals surface area contributed by atoms with E-state index in [1.165, 1.54) is 18.2 Å². The first-order valence-corrected chi connectivity index (χ1v) is 10.3. The zero-order chi connectivity index (χ0) is 21.8. The van der Waals surface area contributed by atoms with Crippen molar-refractivity contribution in [2.75, 3.05) is 20.2 Å². The van der Waals surface area contributed by atoms with Gasteiger partial charge in [0.15, 0.2) is 5.78 Å². The number of rotatable bonds is 6. The molecule has 0 bridgehead atoms. The van der Waals surface area contributed by atoms with E-state index < -0.39 is 5.97 Å². The van der Waals surface area contributed by atoms with Gasteiger partial charge in [0.1, 0.15) is 0 Å². The molecular formula is C25H24N2O4. The number of esters is 1. The standard InChI is InChI=1S/C25H24N2O4/c1-31-25(30)19-8-5-9-21-24(19)20(16-26-21)22(28)10-11-23(29)27-14-12-18(13-15-27)17-6-3-2-4-7-17/h2-9,12,16,26H,10-11,13-15H2,1H3. The van der Waals surface area contributed by atoms with Crippen LogP contribution in [0.25, 0.3) is 16.5 Å². The van der Waals surface area contributed by atoms with Crippen molar-refractivity contribution in [3.63, 3.8) is 0 Å². The fraction of sp³-hybridized carbons (Fsp3) is 0.240. The van der Waals surface area contributed by atoms with E-state index in [9.17, 15) is 14.4 Å². The predicted octanol–water partition coefficient (Wildman–Crippen LogP) is 4.23. The molecule has 0 unspecified atom stereocenters. The van der Waals surface area contributed by atoms with Crippen LogP contribution in [0.4, 0.5) is 0 Å². The van der Waals surface area contributed by atoms with Crippen LogP contribution >= 0.6 is 0 Å². The molecule has 6 nitrogen and oxygen atoms in total. The van der Waals surface area contributed by atoms with Crippen LogP contribution in [0.15, 0.2) is 60.8 Å². The minimum absolute atomic E-state index is 0.0373. The Labute approximate surface area is 180 Å². The molecule has 4 rings (SSSR count). The number of hydrogen-bond donors (Lipinski definition) is 1. The monoisotopic (exact) mass is 416 g/mol. The second-order valence-corrected chi connectivity index (χ2v) is 7.53. The van der Waals surface area contributed by atoms with Crippen molar-refractivity contribution in [1.29, 1.82) is 0 Å². The lowest BCUT2D eigenvalue weighted by Crippen LogP contribution is -2.34. The summed E-state index contributed by atoms with van der Waals surface area (Å²) in [7, 11) is 1.31. The topological polar surface area (TPSA) is 79.5 Å². The Kier molecular flexibility index (Phi) is 5.98. The van der Waals surface area contributed by atoms with Crippen molar-refractivity contribution >= 4 is 34.1 Å². The third-order valence-corrected chi connectivity index (χ3v) is 5.68. The summed E-state index contributed by atoms with van der Waals surface area (Å²) in [4.78, 5) is 42.4. The van der Waals surface area contributed by atoms with Gasteiger partial charge in [-0.05, 0) is 29.7 Å². The van der Waals surface area contributed by atoms with E-state index in [1.54, 1.807) is 29.3 Å². The molecule has 0 saturated heterocycles. The maximum atomic E-state index is 12.9. The smallest absolute Gasteiger partial charge is 0.338 e. The fourth-order valence-corrected chi connectivity index (χ4v) is 4.01. The van der Waals surface area contributed by atoms with Gasteiger partial charge in [0, 0.05) is 48.6 Å². The van der Waals surface area contributed by atoms with Gasteiger partial charge in [0.25, 0.3) is 0 Å². The lowest BCUT2D eigenvalue weighted by molar-refractivity contribution is -0.130. The maximum absolute atomic E-state index is 12.9. The van der Waals surface area contributed by atoms with Crippen LogP contribution < -0.4 is 0 Å². The molecule has 0 radical (unpaired) electrons. The molecule has 3 aromatic rings. The second-order valence-electron chi connectivity index (χ2n) is 7.53. The Balaban J connectivity index is 1.41. The predicted molar refractivity (Wildman–Crippen MR) is 119 cm³/mol. The lowest BCUT2D eigenvalue weighted by atomic mass is 9.99. The van der Waals surface area contributed by atoms with E-state index in [0.717, 1.165) is 6.42 Å². The number of hydrogen-bond acceptors (Lipinski definition) is 4. The van der Waals surface area contributed by atoms with E-state index in [0.29, 0.717) is 35.1 Å². The Morgan fingerprint density at radius 3 is 2.52 bits per heavy atom. The van der Waals surface area contributed by atoms with Gasteiger partial charge in [-0.15, -0.1) is 0 Å². The second kappa shape index (κ2) is 9.00. The normalized spacial score (nSPS) is 13.7. The SMILES string of the molecule is COC(=O)c1cccc2[nH]cc(C(=O)CCC(=O)N3CC=C(c4ccccc4)CC3)c12. The molecule has 1 N–H and O–H groups in total. The number of aromatic amines is 1. The van der Waals surface area contributed by atoms with E-state index in [4.69, 9.17) is 4.74 Å². The van der Waals surface area contributed by atoms with Crippen LogP contribution in [-0.4, -0.2) is 47.7 Å². The molecule has 6 heteroatoms. The molecule has 1 amide bonds. The van der Waals surface area contributed by atoms with Gasteiger partial charge in [-0.25, -0.2) is 4.79 Å². The molecule has 0 aliphatic carbocycles. The van der Waals surface area contributed by atoms with Crippen LogP contribution in [0, 0.1) is 0 Å². The van der Waals surface area contributed by atoms with Crippen molar-refractivity contribution in [1.82, 2.24) is 9.88 Å². The highest BCUT2D eigenvalue weighted by Crippen LogP contribution is 2.26. The van der Waals surface area contributed by atoms with Crippen molar-refractivity contribution in [2.24, 2.45) is 0 Å². The third kappa shape index (κ3) is 4.28. The number of fused-ring (bicyclic) bond motifs is 1. The molecule has 0 spiro atoms. The minimum Gasteiger partial charge on any atom is -0.465 e. The van der Waals surface area contributed by atoms with Gasteiger partial charge in [-0.1, -0.05) is 42.5 Å². The summed E-state index contributed by atoms with van der Waals surface area (Å²) in [5.41, 5.74) is 3.87. The molecule has 0 saturated carbocycles. The Hall–Kier alpha value is -3.67. The fourth-order valence-electron chi connectivity index (χ4n) is 4.01. The molecule has 1 aliphatic heterocycles. The van der Waals surface area contributed by atoms with Crippen LogP contribution in [0.2, 0.25) is 0 Å². The van der Waals surface area contributed by atoms with Crippen molar-refractivity contribution < 1.29 is 19.1 Å². The third-order valence-electron chi connectivity index (χ3n) is 5.68. The number of H-pyrrole nitrogens is 1. The summed E-state index contributed by atoms with van der Waals surface area (Å²) in [5, 5.41) is 0.542. The average molecular weight is 416 g/mol. The Morgan fingerprint density at radius 2 is 1.81 bits per heavy atom. The van der Waals surface area contributed by atoms with E-state index >= 15 is 0 Å². The Morgan fingerprint density at radius 1 is 1.00 bits per heavy atom. The Bertz CT molecular complexity index is 1160. The van der Waals surface area contributed by atoms with Crippen LogP contribution in [-0.2, 0) is 9.53 Å². The summed E-state index contributed by atoms with van der Waals surface area (Å²) in [6, 6.07) is 15.3. The summed E-state index contributed by atoms with van der Waals surface area (Å²) < 4.78 is 4.84. The number of benzene rings is 2. The number of ether oxygens (including phenoxy) is 1. The first kappa shape index (κ1) is 20.6. The van der Waals surface area contributed by atoms with Crippen LogP contribution in [0.5, 0.6) is 0 Å². The summed E-state index contributed by atoms with van der Waals surface area (Å²) in [6.45, 7) is 1.20. The first-order valence-electron chi connectivity index (χ1n) is 10.3. The molecule has 2 heterocycles. The minimum atomic E-state index is -0.496. The van der Waals surface area contributed by atoms with E-state index in [1.807, 2.05) is 18.2 Å². The van der Waals surface area contributed by atoms with Gasteiger partial charge in [0.05, 0.1) is 12.7 Å². The molecule has 2 aromatic carbocycles. The number of carbonyl (C=O) groups is 3. The van der Waals surface area contributed by atoms with Gasteiger partial charge in [-0.3, -0.25) is 9.59 Å². The maximum Gasteiger partial charge on any atom is 0.338 e. The van der Waals surface area contributed by atoms with Crippen LogP contribution in [0.3, 0.4) is 0 Å². The van der Waals surface area contributed by atoms with Crippen LogP contribution in [0.1, 0.15) is 45.5 Å². The van der Waals surface area contributed by atoms with E-state index in [2.05, 4.69) is 23.2 Å². The summed E-state index contributed by atoms with van der Waals surface area (Å²) in [6.07, 6.45) is 4.71. The first-order chi connectivity index (χ1) is 15.1. The number of nitrogens with zero attached hydrogens (tertiary/aromatic N) is 1. The highest BCUT2D eigenvalue weighted by atomic mass is 16.5. The number of methoxy groups -OCH3 is 1. The number of carbonyl (C=O) groups excluding carboxylic acids is 3. The van der Waals surface area contributed by atoms with Crippen molar-refractivity contribution in [3.8, 4) is 0 Å². The van der Waals surface area contributed by atoms with Gasteiger partial charge in [-0.2, -0.15) is 0 Å². The molecule has 1 aliphatic rings. The molecule has 1 aromatic heterocycles. The molecule has 158 valence electrons. The van der Waals surface area contributed by atoms with Crippen molar-refractivity contribution in [2.45, 2.75) is 19.3 Å². The number of nitrogens with one attached hydrogen (secondary N) is 1. The number of ketones is 1. The number of amides is 1. The largest absolute Gasteiger partial charge is 0.465 e. The van der Waals surface area contributed by atoms with Gasteiger partial charge < -0.3 is 14.6 Å². The van der Waals surface area contributed by atoms with E-state index in [-0.39, 0.29) is 24.5 Å². The molecular weight excluding hydrogens is 392 g/mol. The zero-order valence-corrected chi connectivity index (χ0v) is 17.4. The highest BCUT2D eigenvalue weighted by molar-refractivity contribution is 6.15. The molecule has 0 fully saturated rings. The molecule has 0 atom stereocenters. The number of aromatic nitrogens is 1. The zero-order valence-electron chi connectivity index (χ0n) is 17.4. The average Bonchev–Trinajstić information content (AvgIpc) is 3.27. The van der Waals surface area contributed by atoms with Crippen molar-refractivity contribution in [3.05, 3.63) is 77.5 Å². The lowest BCUT2D eigenvalue weighted by Gasteiger charge is -2.26. The summed E-state index contributed by atoms with van der Waals surface area (Å²) >= 11 is 0. The highest BCUT2D eigenvalue weighted by Gasteiger charge is 2.22. The number of Topliss-reactive ketones (excluding diaryl/α,β-unsaturated/α-hetero) is 1. The van der Waals surface area contributed by atoms with Gasteiger partial charge in [0.2, 0.25) is 5.91 Å². The van der Waals surface area contributed by atoms with Gasteiger partial charge >= 0.3 is 5.97 Å².